The largest absolute Gasteiger partial charge is 0.329 e. The molecule has 1 aromatic carbocycles. The summed E-state index contributed by atoms with van der Waals surface area (Å²) in [6.07, 6.45) is 1.53. The number of hydrogen-bond donors (Lipinski definition) is 1. The summed E-state index contributed by atoms with van der Waals surface area (Å²) in [5.74, 6) is 0. The molecular formula is C13H10ClN3O4. The highest BCUT2D eigenvalue weighted by Gasteiger charge is 2.29. The lowest BCUT2D eigenvalue weighted by molar-refractivity contribution is -0.384. The van der Waals surface area contributed by atoms with Crippen LogP contribution in [0.15, 0.2) is 33.9 Å². The minimum Gasteiger partial charge on any atom is -0.297 e. The number of rotatable bonds is 3. The Morgan fingerprint density at radius 2 is 2.05 bits per heavy atom. The van der Waals surface area contributed by atoms with E-state index in [-0.39, 0.29) is 22.4 Å². The van der Waals surface area contributed by atoms with Crippen molar-refractivity contribution in [1.29, 1.82) is 0 Å². The topological polar surface area (TPSA) is 98.0 Å². The van der Waals surface area contributed by atoms with E-state index in [9.17, 15) is 19.7 Å². The van der Waals surface area contributed by atoms with Gasteiger partial charge in [-0.1, -0.05) is 23.7 Å². The molecule has 1 heterocycles. The van der Waals surface area contributed by atoms with Crippen molar-refractivity contribution in [1.82, 2.24) is 9.55 Å². The van der Waals surface area contributed by atoms with Gasteiger partial charge in [-0.05, 0) is 18.4 Å². The van der Waals surface area contributed by atoms with Crippen LogP contribution in [0.1, 0.15) is 18.9 Å². The Bertz CT molecular complexity index is 851. The lowest BCUT2D eigenvalue weighted by Gasteiger charge is -2.08. The molecular weight excluding hydrogens is 298 g/mol. The van der Waals surface area contributed by atoms with Gasteiger partial charge in [0.25, 0.3) is 11.2 Å². The van der Waals surface area contributed by atoms with Gasteiger partial charge in [0.15, 0.2) is 0 Å². The van der Waals surface area contributed by atoms with Crippen molar-refractivity contribution in [3.63, 3.8) is 0 Å². The van der Waals surface area contributed by atoms with Gasteiger partial charge in [-0.2, -0.15) is 0 Å². The van der Waals surface area contributed by atoms with Crippen LogP contribution in [0.5, 0.6) is 0 Å². The van der Waals surface area contributed by atoms with Crippen LogP contribution < -0.4 is 11.2 Å². The molecule has 3 rings (SSSR count). The number of hydrogen-bond acceptors (Lipinski definition) is 4. The number of nitro groups is 1. The molecule has 0 atom stereocenters. The Morgan fingerprint density at radius 1 is 1.33 bits per heavy atom. The first kappa shape index (κ1) is 13.6. The molecule has 1 N–H and O–H groups in total. The number of aromatic amines is 1. The molecule has 0 unspecified atom stereocenters. The summed E-state index contributed by atoms with van der Waals surface area (Å²) in [7, 11) is 0. The fraction of sp³-hybridized carbons (Fsp3) is 0.231. The van der Waals surface area contributed by atoms with E-state index in [1.54, 1.807) is 6.07 Å². The Morgan fingerprint density at radius 3 is 2.67 bits per heavy atom. The van der Waals surface area contributed by atoms with Gasteiger partial charge in [0.2, 0.25) is 0 Å². The molecule has 0 saturated heterocycles. The van der Waals surface area contributed by atoms with Gasteiger partial charge in [0, 0.05) is 18.2 Å². The van der Waals surface area contributed by atoms with Crippen LogP contribution in [0.2, 0.25) is 5.15 Å². The summed E-state index contributed by atoms with van der Waals surface area (Å²) >= 11 is 5.96. The number of H-pyrrole nitrogens is 1. The van der Waals surface area contributed by atoms with Crippen LogP contribution >= 0.6 is 11.6 Å². The van der Waals surface area contributed by atoms with Crippen molar-refractivity contribution in [3.8, 4) is 11.1 Å². The predicted octanol–water partition coefficient (Wildman–Crippen LogP) is 2.10. The van der Waals surface area contributed by atoms with Crippen LogP contribution in [0.25, 0.3) is 11.1 Å². The van der Waals surface area contributed by atoms with Crippen LogP contribution in [0.3, 0.4) is 0 Å². The van der Waals surface area contributed by atoms with E-state index in [4.69, 9.17) is 11.6 Å². The molecule has 1 saturated carbocycles. The highest BCUT2D eigenvalue weighted by atomic mass is 35.5. The molecule has 108 valence electrons. The SMILES string of the molecule is O=c1[nH]c(Cl)c(-c2cccc([N+](=O)[O-])c2)c(=O)n1C1CC1. The molecule has 0 aliphatic heterocycles. The highest BCUT2D eigenvalue weighted by molar-refractivity contribution is 6.32. The number of nitrogens with one attached hydrogen (secondary N) is 1. The van der Waals surface area contributed by atoms with Crippen LogP contribution in [0.4, 0.5) is 5.69 Å². The second-order valence-corrected chi connectivity index (χ2v) is 5.21. The molecule has 7 nitrogen and oxygen atoms in total. The van der Waals surface area contributed by atoms with Gasteiger partial charge in [0.1, 0.15) is 5.15 Å². The van der Waals surface area contributed by atoms with Crippen molar-refractivity contribution in [3.05, 3.63) is 60.4 Å². The number of halogens is 1. The summed E-state index contributed by atoms with van der Waals surface area (Å²) in [4.78, 5) is 37.0. The summed E-state index contributed by atoms with van der Waals surface area (Å²) < 4.78 is 1.13. The van der Waals surface area contributed by atoms with E-state index in [2.05, 4.69) is 4.98 Å². The van der Waals surface area contributed by atoms with E-state index in [1.165, 1.54) is 18.2 Å². The third-order valence-corrected chi connectivity index (χ3v) is 3.63. The molecule has 0 radical (unpaired) electrons. The molecule has 1 aliphatic carbocycles. The number of nitrogens with zero attached hydrogens (tertiary/aromatic N) is 2. The Labute approximate surface area is 123 Å². The van der Waals surface area contributed by atoms with E-state index < -0.39 is 16.2 Å². The van der Waals surface area contributed by atoms with Crippen LogP contribution in [-0.2, 0) is 0 Å². The average molecular weight is 308 g/mol. The van der Waals surface area contributed by atoms with E-state index >= 15 is 0 Å². The predicted molar refractivity (Wildman–Crippen MR) is 76.7 cm³/mol. The van der Waals surface area contributed by atoms with Gasteiger partial charge in [-0.25, -0.2) is 4.79 Å². The highest BCUT2D eigenvalue weighted by Crippen LogP contribution is 2.33. The Balaban J connectivity index is 2.25. The van der Waals surface area contributed by atoms with Crippen LogP contribution in [-0.4, -0.2) is 14.5 Å². The fourth-order valence-electron chi connectivity index (χ4n) is 2.21. The first-order valence-corrected chi connectivity index (χ1v) is 6.66. The zero-order chi connectivity index (χ0) is 15.1. The number of nitro benzene ring substituents is 1. The minimum absolute atomic E-state index is 0.0758. The van der Waals surface area contributed by atoms with Crippen molar-refractivity contribution >= 4 is 17.3 Å². The van der Waals surface area contributed by atoms with Crippen molar-refractivity contribution in [2.24, 2.45) is 0 Å². The molecule has 1 aliphatic rings. The fourth-order valence-corrected chi connectivity index (χ4v) is 2.48. The maximum Gasteiger partial charge on any atom is 0.329 e. The van der Waals surface area contributed by atoms with Gasteiger partial charge in [-0.3, -0.25) is 24.5 Å². The Hall–Kier alpha value is -2.41. The van der Waals surface area contributed by atoms with E-state index in [0.717, 1.165) is 17.4 Å². The van der Waals surface area contributed by atoms with E-state index in [0.29, 0.717) is 5.56 Å². The van der Waals surface area contributed by atoms with Gasteiger partial charge >= 0.3 is 5.69 Å². The number of non-ortho nitro benzene ring substituents is 1. The maximum absolute atomic E-state index is 12.5. The minimum atomic E-state index is -0.554. The Kier molecular flexibility index (Phi) is 3.13. The molecule has 0 amide bonds. The number of aromatic nitrogens is 2. The lowest BCUT2D eigenvalue weighted by atomic mass is 10.1. The molecule has 2 aromatic rings. The summed E-state index contributed by atoms with van der Waals surface area (Å²) in [6.45, 7) is 0. The quantitative estimate of drug-likeness (QED) is 0.533. The molecule has 8 heteroatoms. The standard InChI is InChI=1S/C13H10ClN3O4/c14-11-10(7-2-1-3-9(6-7)17(20)21)12(18)16(8-4-5-8)13(19)15-11/h1-3,6,8H,4-5H2,(H,15,19). The average Bonchev–Trinajstić information content (AvgIpc) is 3.23. The van der Waals surface area contributed by atoms with Crippen molar-refractivity contribution in [2.45, 2.75) is 18.9 Å². The van der Waals surface area contributed by atoms with Gasteiger partial charge in [0.05, 0.1) is 10.5 Å². The normalized spacial score (nSPS) is 14.1. The molecule has 0 spiro atoms. The molecule has 1 fully saturated rings. The molecule has 1 aromatic heterocycles. The first-order chi connectivity index (χ1) is 9.99. The van der Waals surface area contributed by atoms with Crippen LogP contribution in [0, 0.1) is 10.1 Å². The second kappa shape index (κ2) is 4.85. The van der Waals surface area contributed by atoms with Gasteiger partial charge < -0.3 is 0 Å². The lowest BCUT2D eigenvalue weighted by Crippen LogP contribution is -2.35. The van der Waals surface area contributed by atoms with Crippen molar-refractivity contribution < 1.29 is 4.92 Å². The smallest absolute Gasteiger partial charge is 0.297 e. The molecule has 0 bridgehead atoms. The molecule has 21 heavy (non-hydrogen) atoms. The third kappa shape index (κ3) is 2.36. The zero-order valence-corrected chi connectivity index (χ0v) is 11.5. The monoisotopic (exact) mass is 307 g/mol. The summed E-state index contributed by atoms with van der Waals surface area (Å²) in [5.41, 5.74) is -0.836. The number of benzene rings is 1. The first-order valence-electron chi connectivity index (χ1n) is 6.28. The summed E-state index contributed by atoms with van der Waals surface area (Å²) in [5, 5.41) is 10.7. The second-order valence-electron chi connectivity index (χ2n) is 4.83. The van der Waals surface area contributed by atoms with Crippen molar-refractivity contribution in [2.75, 3.05) is 0 Å². The third-order valence-electron chi connectivity index (χ3n) is 3.35. The van der Waals surface area contributed by atoms with Gasteiger partial charge in [-0.15, -0.1) is 0 Å². The van der Waals surface area contributed by atoms with E-state index in [1.807, 2.05) is 0 Å². The summed E-state index contributed by atoms with van der Waals surface area (Å²) in [6, 6.07) is 5.48. The zero-order valence-electron chi connectivity index (χ0n) is 10.7. The maximum atomic E-state index is 12.5.